The Bertz CT molecular complexity index is 1340. The summed E-state index contributed by atoms with van der Waals surface area (Å²) in [4.78, 5) is 29.8. The number of hydrogen-bond acceptors (Lipinski definition) is 4. The normalized spacial score (nSPS) is 13.5. The van der Waals surface area contributed by atoms with E-state index in [0.717, 1.165) is 35.6 Å². The highest BCUT2D eigenvalue weighted by Crippen LogP contribution is 2.32. The van der Waals surface area contributed by atoms with Crippen molar-refractivity contribution in [3.8, 4) is 11.5 Å². The number of fused-ring (bicyclic) bond motifs is 1. The third-order valence-corrected chi connectivity index (χ3v) is 6.21. The number of anilines is 1. The van der Waals surface area contributed by atoms with Crippen LogP contribution in [0.2, 0.25) is 0 Å². The lowest BCUT2D eigenvalue weighted by Crippen LogP contribution is -2.28. The Hall–Kier alpha value is -3.93. The number of hydrogen-bond donors (Lipinski definition) is 2. The Morgan fingerprint density at radius 1 is 1.00 bits per heavy atom. The van der Waals surface area contributed by atoms with Crippen molar-refractivity contribution in [3.63, 3.8) is 0 Å². The summed E-state index contributed by atoms with van der Waals surface area (Å²) in [6.07, 6.45) is 2.98. The van der Waals surface area contributed by atoms with Crippen molar-refractivity contribution in [2.75, 3.05) is 5.32 Å². The van der Waals surface area contributed by atoms with Gasteiger partial charge in [-0.1, -0.05) is 48.9 Å². The van der Waals surface area contributed by atoms with Crippen molar-refractivity contribution in [1.82, 2.24) is 10.3 Å². The van der Waals surface area contributed by atoms with Crippen molar-refractivity contribution < 1.29 is 14.0 Å². The van der Waals surface area contributed by atoms with Crippen LogP contribution < -0.4 is 10.6 Å². The van der Waals surface area contributed by atoms with Crippen LogP contribution in [0, 0.1) is 12.8 Å². The molecule has 0 bridgehead atoms. The molecule has 2 N–H and O–H groups in total. The molecule has 0 aliphatic heterocycles. The topological polar surface area (TPSA) is 84.2 Å². The molecule has 5 rings (SSSR count). The second-order valence-corrected chi connectivity index (χ2v) is 8.43. The van der Waals surface area contributed by atoms with Crippen LogP contribution in [-0.2, 0) is 11.3 Å². The Morgan fingerprint density at radius 3 is 2.55 bits per heavy atom. The fourth-order valence-corrected chi connectivity index (χ4v) is 3.99. The average Bonchev–Trinajstić information content (AvgIpc) is 3.16. The van der Waals surface area contributed by atoms with Gasteiger partial charge in [0.1, 0.15) is 11.5 Å². The van der Waals surface area contributed by atoms with Crippen molar-refractivity contribution in [2.24, 2.45) is 5.92 Å². The van der Waals surface area contributed by atoms with Crippen molar-refractivity contribution in [3.05, 3.63) is 83.7 Å². The summed E-state index contributed by atoms with van der Waals surface area (Å²) >= 11 is 0. The molecule has 1 heterocycles. The number of rotatable bonds is 6. The van der Waals surface area contributed by atoms with Gasteiger partial charge >= 0.3 is 0 Å². The van der Waals surface area contributed by atoms with Crippen LogP contribution in [0.5, 0.6) is 0 Å². The van der Waals surface area contributed by atoms with Crippen molar-refractivity contribution in [2.45, 2.75) is 32.7 Å². The van der Waals surface area contributed by atoms with Crippen LogP contribution in [0.3, 0.4) is 0 Å². The van der Waals surface area contributed by atoms with Crippen molar-refractivity contribution in [1.29, 1.82) is 0 Å². The molecule has 1 fully saturated rings. The summed E-state index contributed by atoms with van der Waals surface area (Å²) in [5.74, 6) is 1.01. The molecule has 4 aromatic rings. The third kappa shape index (κ3) is 4.37. The number of para-hydroxylation sites is 1. The smallest absolute Gasteiger partial charge is 0.251 e. The lowest BCUT2D eigenvalue weighted by atomic mass is 9.85. The van der Waals surface area contributed by atoms with Gasteiger partial charge in [0, 0.05) is 11.5 Å². The zero-order valence-corrected chi connectivity index (χ0v) is 18.4. The van der Waals surface area contributed by atoms with E-state index in [9.17, 15) is 9.59 Å². The lowest BCUT2D eigenvalue weighted by molar-refractivity contribution is -0.122. The molecule has 1 aliphatic carbocycles. The van der Waals surface area contributed by atoms with E-state index >= 15 is 0 Å². The summed E-state index contributed by atoms with van der Waals surface area (Å²) in [7, 11) is 0. The quantitative estimate of drug-likeness (QED) is 0.417. The highest BCUT2D eigenvalue weighted by molar-refractivity contribution is 5.98. The molecule has 1 aromatic heterocycles. The van der Waals surface area contributed by atoms with Crippen LogP contribution in [0.4, 0.5) is 5.69 Å². The maximum atomic E-state index is 12.7. The number of nitrogens with one attached hydrogen (secondary N) is 2. The summed E-state index contributed by atoms with van der Waals surface area (Å²) < 4.78 is 5.91. The van der Waals surface area contributed by atoms with Gasteiger partial charge in [0.25, 0.3) is 5.91 Å². The molecule has 0 radical (unpaired) electrons. The van der Waals surface area contributed by atoms with Crippen LogP contribution >= 0.6 is 0 Å². The molecule has 3 aromatic carbocycles. The van der Waals surface area contributed by atoms with Crippen LogP contribution in [0.1, 0.15) is 41.1 Å². The predicted octanol–water partition coefficient (Wildman–Crippen LogP) is 5.47. The first-order valence-electron chi connectivity index (χ1n) is 11.2. The first-order chi connectivity index (χ1) is 16.1. The number of carbonyl (C=O) groups excluding carboxylic acids is 2. The molecule has 33 heavy (non-hydrogen) atoms. The van der Waals surface area contributed by atoms with E-state index in [0.29, 0.717) is 28.6 Å². The number of carbonyl (C=O) groups is 2. The number of aromatic nitrogens is 1. The number of benzene rings is 3. The molecule has 0 unspecified atom stereocenters. The SMILES string of the molecule is Cc1oc(-c2ccccc2NC(=O)C2CCC2)nc1CNC(=O)c1ccc2ccccc2c1. The summed E-state index contributed by atoms with van der Waals surface area (Å²) in [6.45, 7) is 2.07. The standard InChI is InChI=1S/C27H25N3O3/c1-17-24(16-28-25(31)21-14-13-18-7-2-3-8-20(18)15-21)30-27(33-17)22-11-4-5-12-23(22)29-26(32)19-9-6-10-19/h2-5,7-8,11-15,19H,6,9-10,16H2,1H3,(H,28,31)(H,29,32). The van der Waals surface area contributed by atoms with E-state index in [4.69, 9.17) is 4.42 Å². The fraction of sp³-hybridized carbons (Fsp3) is 0.222. The second-order valence-electron chi connectivity index (χ2n) is 8.43. The molecular formula is C27H25N3O3. The third-order valence-electron chi connectivity index (χ3n) is 6.21. The molecule has 1 aliphatic rings. The number of amides is 2. The molecule has 0 spiro atoms. The highest BCUT2D eigenvalue weighted by Gasteiger charge is 2.26. The molecule has 1 saturated carbocycles. The van der Waals surface area contributed by atoms with Gasteiger partial charge in [0.05, 0.1) is 17.8 Å². The zero-order chi connectivity index (χ0) is 22.8. The second kappa shape index (κ2) is 8.90. The monoisotopic (exact) mass is 439 g/mol. The Labute approximate surface area is 192 Å². The highest BCUT2D eigenvalue weighted by atomic mass is 16.4. The fourth-order valence-electron chi connectivity index (χ4n) is 3.99. The molecule has 6 heteroatoms. The predicted molar refractivity (Wildman–Crippen MR) is 128 cm³/mol. The summed E-state index contributed by atoms with van der Waals surface area (Å²) in [5.41, 5.74) is 2.65. The minimum absolute atomic E-state index is 0.0415. The molecule has 6 nitrogen and oxygen atoms in total. The largest absolute Gasteiger partial charge is 0.441 e. The van der Waals surface area contributed by atoms with E-state index in [-0.39, 0.29) is 24.3 Å². The average molecular weight is 440 g/mol. The van der Waals surface area contributed by atoms with Gasteiger partial charge in [0.15, 0.2) is 0 Å². The van der Waals surface area contributed by atoms with Gasteiger partial charge in [-0.3, -0.25) is 9.59 Å². The molecule has 2 amide bonds. The lowest BCUT2D eigenvalue weighted by Gasteiger charge is -2.24. The van der Waals surface area contributed by atoms with Gasteiger partial charge in [0.2, 0.25) is 11.8 Å². The van der Waals surface area contributed by atoms with Crippen molar-refractivity contribution >= 4 is 28.3 Å². The number of aryl methyl sites for hydroxylation is 1. The number of oxazole rings is 1. The van der Waals surface area contributed by atoms with E-state index in [2.05, 4.69) is 15.6 Å². The van der Waals surface area contributed by atoms with E-state index < -0.39 is 0 Å². The van der Waals surface area contributed by atoms with Gasteiger partial charge in [-0.15, -0.1) is 0 Å². The summed E-state index contributed by atoms with van der Waals surface area (Å²) in [6, 6.07) is 21.1. The van der Waals surface area contributed by atoms with Gasteiger partial charge < -0.3 is 15.1 Å². The first kappa shape index (κ1) is 20.9. The first-order valence-corrected chi connectivity index (χ1v) is 11.2. The number of nitrogens with zero attached hydrogens (tertiary/aromatic N) is 1. The summed E-state index contributed by atoms with van der Waals surface area (Å²) in [5, 5.41) is 8.06. The van der Waals surface area contributed by atoms with Gasteiger partial charge in [-0.05, 0) is 54.8 Å². The van der Waals surface area contributed by atoms with E-state index in [1.165, 1.54) is 0 Å². The molecule has 0 saturated heterocycles. The molecule has 166 valence electrons. The molecular weight excluding hydrogens is 414 g/mol. The molecule has 0 atom stereocenters. The minimum atomic E-state index is -0.169. The van der Waals surface area contributed by atoms with Crippen LogP contribution in [-0.4, -0.2) is 16.8 Å². The van der Waals surface area contributed by atoms with E-state index in [1.807, 2.05) is 73.7 Å². The maximum absolute atomic E-state index is 12.7. The van der Waals surface area contributed by atoms with Crippen LogP contribution in [0.25, 0.3) is 22.2 Å². The Balaban J connectivity index is 1.31. The van der Waals surface area contributed by atoms with Gasteiger partial charge in [-0.2, -0.15) is 0 Å². The van der Waals surface area contributed by atoms with E-state index in [1.54, 1.807) is 0 Å². The Morgan fingerprint density at radius 2 is 1.76 bits per heavy atom. The van der Waals surface area contributed by atoms with Crippen LogP contribution in [0.15, 0.2) is 71.1 Å². The maximum Gasteiger partial charge on any atom is 0.251 e. The Kier molecular flexibility index (Phi) is 5.65. The zero-order valence-electron chi connectivity index (χ0n) is 18.4. The van der Waals surface area contributed by atoms with Gasteiger partial charge in [-0.25, -0.2) is 4.98 Å². The minimum Gasteiger partial charge on any atom is -0.441 e.